The molecule has 5 rings (SSSR count). The topological polar surface area (TPSA) is 69.0 Å². The van der Waals surface area contributed by atoms with Gasteiger partial charge in [-0.3, -0.25) is 4.79 Å². The number of hydrogen-bond acceptors (Lipinski definition) is 5. The minimum atomic E-state index is -3.36. The zero-order valence-electron chi connectivity index (χ0n) is 17.4. The first-order valence-electron chi connectivity index (χ1n) is 9.98. The molecule has 0 saturated heterocycles. The van der Waals surface area contributed by atoms with Crippen LogP contribution in [-0.2, 0) is 9.84 Å². The second kappa shape index (κ2) is 8.06. The van der Waals surface area contributed by atoms with Gasteiger partial charge < -0.3 is 0 Å². The van der Waals surface area contributed by atoms with Crippen molar-refractivity contribution in [3.63, 3.8) is 0 Å². The molecule has 33 heavy (non-hydrogen) atoms. The van der Waals surface area contributed by atoms with Crippen molar-refractivity contribution >= 4 is 31.3 Å². The van der Waals surface area contributed by atoms with Gasteiger partial charge in [0.15, 0.2) is 9.84 Å². The van der Waals surface area contributed by atoms with E-state index in [1.165, 1.54) is 40.3 Å². The highest BCUT2D eigenvalue weighted by atomic mass is 32.2. The van der Waals surface area contributed by atoms with E-state index < -0.39 is 15.7 Å². The van der Waals surface area contributed by atoms with Gasteiger partial charge in [-0.05, 0) is 41.5 Å². The van der Waals surface area contributed by atoms with Gasteiger partial charge in [-0.1, -0.05) is 42.5 Å². The molecular weight excluding hydrogens is 459 g/mol. The van der Waals surface area contributed by atoms with E-state index in [0.717, 1.165) is 16.3 Å². The minimum Gasteiger partial charge on any atom is -0.267 e. The molecule has 3 aromatic carbocycles. The van der Waals surface area contributed by atoms with Gasteiger partial charge in [-0.25, -0.2) is 12.8 Å². The monoisotopic (exact) mass is 476 g/mol. The van der Waals surface area contributed by atoms with Gasteiger partial charge in [-0.15, -0.1) is 11.3 Å². The third-order valence-electron chi connectivity index (χ3n) is 5.39. The number of halogens is 1. The van der Waals surface area contributed by atoms with E-state index in [9.17, 15) is 17.6 Å². The molecule has 0 aliphatic carbocycles. The fourth-order valence-electron chi connectivity index (χ4n) is 3.75. The number of sulfone groups is 1. The van der Waals surface area contributed by atoms with Crippen molar-refractivity contribution in [1.29, 1.82) is 0 Å². The van der Waals surface area contributed by atoms with Crippen LogP contribution in [0.15, 0.2) is 94.1 Å². The molecule has 0 atom stereocenters. The summed E-state index contributed by atoms with van der Waals surface area (Å²) in [5.74, 6) is -0.406. The van der Waals surface area contributed by atoms with Gasteiger partial charge in [0.05, 0.1) is 22.3 Å². The summed E-state index contributed by atoms with van der Waals surface area (Å²) in [6.45, 7) is 0. The summed E-state index contributed by atoms with van der Waals surface area (Å²) in [4.78, 5) is 13.9. The number of nitrogens with zero attached hydrogens (tertiary/aromatic N) is 2. The Morgan fingerprint density at radius 3 is 2.27 bits per heavy atom. The average Bonchev–Trinajstić information content (AvgIpc) is 3.23. The van der Waals surface area contributed by atoms with Crippen molar-refractivity contribution in [3.8, 4) is 27.9 Å². The summed E-state index contributed by atoms with van der Waals surface area (Å²) in [6, 6.07) is 19.7. The molecule has 0 spiro atoms. The summed E-state index contributed by atoms with van der Waals surface area (Å²) in [5.41, 5.74) is 2.38. The molecule has 0 aliphatic rings. The highest BCUT2D eigenvalue weighted by molar-refractivity contribution is 7.90. The molecule has 0 radical (unpaired) electrons. The maximum Gasteiger partial charge on any atom is 0.280 e. The van der Waals surface area contributed by atoms with Crippen molar-refractivity contribution in [3.05, 3.63) is 101 Å². The van der Waals surface area contributed by atoms with Crippen LogP contribution in [0.5, 0.6) is 0 Å². The zero-order valence-corrected chi connectivity index (χ0v) is 19.0. The third-order valence-corrected chi connectivity index (χ3v) is 7.47. The smallest absolute Gasteiger partial charge is 0.267 e. The van der Waals surface area contributed by atoms with Gasteiger partial charge in [0.25, 0.3) is 5.56 Å². The Labute approximate surface area is 193 Å². The van der Waals surface area contributed by atoms with Crippen LogP contribution in [0.1, 0.15) is 0 Å². The van der Waals surface area contributed by atoms with E-state index in [0.29, 0.717) is 27.9 Å². The lowest BCUT2D eigenvalue weighted by atomic mass is 9.97. The maximum atomic E-state index is 13.7. The Hall–Kier alpha value is -3.62. The normalized spacial score (nSPS) is 11.7. The first-order valence-corrected chi connectivity index (χ1v) is 12.8. The molecule has 0 unspecified atom stereocenters. The third kappa shape index (κ3) is 3.88. The molecule has 0 fully saturated rings. The van der Waals surface area contributed by atoms with Crippen LogP contribution in [0.3, 0.4) is 0 Å². The van der Waals surface area contributed by atoms with Crippen LogP contribution in [-0.4, -0.2) is 24.5 Å². The Morgan fingerprint density at radius 1 is 0.909 bits per heavy atom. The van der Waals surface area contributed by atoms with E-state index in [4.69, 9.17) is 0 Å². The summed E-state index contributed by atoms with van der Waals surface area (Å²) < 4.78 is 39.7. The summed E-state index contributed by atoms with van der Waals surface area (Å²) >= 11 is 1.52. The van der Waals surface area contributed by atoms with Crippen molar-refractivity contribution in [1.82, 2.24) is 9.78 Å². The molecule has 8 heteroatoms. The number of hydrogen-bond donors (Lipinski definition) is 0. The van der Waals surface area contributed by atoms with Crippen LogP contribution in [0.25, 0.3) is 38.0 Å². The lowest BCUT2D eigenvalue weighted by molar-refractivity contribution is 0.602. The van der Waals surface area contributed by atoms with E-state index in [1.54, 1.807) is 30.5 Å². The fourth-order valence-corrected chi connectivity index (χ4v) is 5.30. The molecule has 0 bridgehead atoms. The number of rotatable bonds is 4. The second-order valence-corrected chi connectivity index (χ2v) is 10.5. The highest BCUT2D eigenvalue weighted by Gasteiger charge is 2.18. The molecule has 5 aromatic rings. The van der Waals surface area contributed by atoms with Crippen molar-refractivity contribution < 1.29 is 12.8 Å². The number of aromatic nitrogens is 2. The van der Waals surface area contributed by atoms with Crippen molar-refractivity contribution in [2.45, 2.75) is 4.90 Å². The molecule has 0 aliphatic heterocycles. The van der Waals surface area contributed by atoms with Crippen LogP contribution >= 0.6 is 11.3 Å². The maximum absolute atomic E-state index is 13.7. The van der Waals surface area contributed by atoms with Crippen LogP contribution in [0.4, 0.5) is 4.39 Å². The highest BCUT2D eigenvalue weighted by Crippen LogP contribution is 2.32. The molecule has 2 heterocycles. The van der Waals surface area contributed by atoms with Gasteiger partial charge in [0, 0.05) is 27.3 Å². The van der Waals surface area contributed by atoms with Crippen LogP contribution < -0.4 is 5.56 Å². The van der Waals surface area contributed by atoms with Gasteiger partial charge in [0.2, 0.25) is 0 Å². The Morgan fingerprint density at radius 2 is 1.58 bits per heavy atom. The summed E-state index contributed by atoms with van der Waals surface area (Å²) in [7, 11) is -3.36. The molecule has 5 nitrogen and oxygen atoms in total. The van der Waals surface area contributed by atoms with Crippen molar-refractivity contribution in [2.24, 2.45) is 0 Å². The first kappa shape index (κ1) is 21.2. The quantitative estimate of drug-likeness (QED) is 0.352. The van der Waals surface area contributed by atoms with Crippen LogP contribution in [0.2, 0.25) is 0 Å². The molecule has 0 saturated carbocycles. The molecular formula is C25H17FN2O3S2. The average molecular weight is 477 g/mol. The first-order chi connectivity index (χ1) is 15.8. The van der Waals surface area contributed by atoms with E-state index >= 15 is 0 Å². The van der Waals surface area contributed by atoms with Gasteiger partial charge in [-0.2, -0.15) is 9.78 Å². The second-order valence-electron chi connectivity index (χ2n) is 7.57. The van der Waals surface area contributed by atoms with E-state index in [2.05, 4.69) is 5.10 Å². The summed E-state index contributed by atoms with van der Waals surface area (Å²) in [6.07, 6.45) is 2.72. The van der Waals surface area contributed by atoms with Crippen molar-refractivity contribution in [2.75, 3.05) is 6.26 Å². The fraction of sp³-hybridized carbons (Fsp3) is 0.0400. The predicted molar refractivity (Wildman–Crippen MR) is 129 cm³/mol. The lowest BCUT2D eigenvalue weighted by Crippen LogP contribution is -2.23. The lowest BCUT2D eigenvalue weighted by Gasteiger charge is -2.13. The largest absolute Gasteiger partial charge is 0.280 e. The molecule has 0 N–H and O–H groups in total. The number of thiophene rings is 1. The predicted octanol–water partition coefficient (Wildman–Crippen LogP) is 5.32. The minimum absolute atomic E-state index is 0.181. The Kier molecular flexibility index (Phi) is 5.19. The van der Waals surface area contributed by atoms with E-state index in [-0.39, 0.29) is 10.5 Å². The number of fused-ring (bicyclic) bond motifs is 1. The Balaban J connectivity index is 1.76. The SMILES string of the molecule is CS(=O)(=O)c1ccc(-c2cnn(-c3csc4ccccc34)c(=O)c2-c2ccc(F)cc2)cc1. The Bertz CT molecular complexity index is 1650. The van der Waals surface area contributed by atoms with Gasteiger partial charge in [0.1, 0.15) is 5.82 Å². The number of benzene rings is 3. The zero-order chi connectivity index (χ0) is 23.2. The molecule has 0 amide bonds. The molecule has 2 aromatic heterocycles. The van der Waals surface area contributed by atoms with Crippen LogP contribution in [0, 0.1) is 5.82 Å². The molecule has 164 valence electrons. The standard InChI is InChI=1S/C25H17FN2O3S2/c1-33(30,31)19-12-8-16(9-13-19)21-14-27-28(22-15-32-23-5-3-2-4-20(22)23)25(29)24(21)17-6-10-18(26)11-7-17/h2-15H,1H3. The van der Waals surface area contributed by atoms with E-state index in [1.807, 2.05) is 29.6 Å². The summed E-state index contributed by atoms with van der Waals surface area (Å²) in [5, 5.41) is 7.23. The van der Waals surface area contributed by atoms with Gasteiger partial charge >= 0.3 is 0 Å².